The third-order valence-corrected chi connectivity index (χ3v) is 7.62. The second kappa shape index (κ2) is 10.1. The molecular formula is C25H31N5O2S. The van der Waals surface area contributed by atoms with Gasteiger partial charge in [-0.1, -0.05) is 23.4 Å². The first-order chi connectivity index (χ1) is 16.2. The minimum Gasteiger partial charge on any atom is -0.372 e. The van der Waals surface area contributed by atoms with Crippen molar-refractivity contribution in [3.05, 3.63) is 53.2 Å². The number of nitrogens with one attached hydrogen (secondary N) is 1. The Balaban J connectivity index is 1.09. The predicted octanol–water partition coefficient (Wildman–Crippen LogP) is 4.49. The molecule has 174 valence electrons. The average molecular weight is 466 g/mol. The zero-order valence-corrected chi connectivity index (χ0v) is 19.9. The van der Waals surface area contributed by atoms with Gasteiger partial charge in [0.15, 0.2) is 0 Å². The van der Waals surface area contributed by atoms with E-state index in [4.69, 9.17) is 4.52 Å². The monoisotopic (exact) mass is 465 g/mol. The number of benzene rings is 1. The van der Waals surface area contributed by atoms with Crippen molar-refractivity contribution in [2.24, 2.45) is 5.92 Å². The van der Waals surface area contributed by atoms with Crippen LogP contribution in [0.5, 0.6) is 0 Å². The highest BCUT2D eigenvalue weighted by Gasteiger charge is 2.27. The van der Waals surface area contributed by atoms with Gasteiger partial charge in [0, 0.05) is 24.7 Å². The fraction of sp³-hybridized carbons (Fsp3) is 0.480. The van der Waals surface area contributed by atoms with Gasteiger partial charge in [-0.05, 0) is 74.8 Å². The fourth-order valence-corrected chi connectivity index (χ4v) is 5.38. The molecule has 5 rings (SSSR count). The van der Waals surface area contributed by atoms with Crippen LogP contribution >= 0.6 is 11.3 Å². The predicted molar refractivity (Wildman–Crippen MR) is 130 cm³/mol. The number of amides is 1. The number of anilines is 1. The van der Waals surface area contributed by atoms with Crippen molar-refractivity contribution in [2.75, 3.05) is 31.1 Å². The van der Waals surface area contributed by atoms with Crippen molar-refractivity contribution >= 4 is 22.9 Å². The first-order valence-electron chi connectivity index (χ1n) is 11.9. The topological polar surface area (TPSA) is 74.5 Å². The summed E-state index contributed by atoms with van der Waals surface area (Å²) in [5.41, 5.74) is 2.44. The van der Waals surface area contributed by atoms with Crippen LogP contribution in [0.4, 0.5) is 5.69 Å². The standard InChI is InChI=1S/C25H31N5O2S/c1-18(19-6-8-21(9-7-19)30-12-2-3-13-30)26-25(31)20-10-14-29(15-11-20)17-23-27-24(28-32-23)22-5-4-16-33-22/h4-9,16,18,20H,2-3,10-15,17H2,1H3,(H,26,31). The van der Waals surface area contributed by atoms with Crippen LogP contribution in [-0.4, -0.2) is 47.1 Å². The molecule has 2 aromatic heterocycles. The van der Waals surface area contributed by atoms with Crippen LogP contribution in [0.2, 0.25) is 0 Å². The minimum atomic E-state index is 0.0113. The van der Waals surface area contributed by atoms with Crippen molar-refractivity contribution in [2.45, 2.75) is 45.2 Å². The van der Waals surface area contributed by atoms with Gasteiger partial charge < -0.3 is 14.7 Å². The van der Waals surface area contributed by atoms with Crippen LogP contribution in [0.25, 0.3) is 10.7 Å². The molecule has 3 aromatic rings. The third kappa shape index (κ3) is 5.28. The van der Waals surface area contributed by atoms with Crippen LogP contribution in [0.15, 0.2) is 46.3 Å². The molecule has 1 N–H and O–H groups in total. The zero-order valence-electron chi connectivity index (χ0n) is 19.1. The van der Waals surface area contributed by atoms with E-state index in [0.29, 0.717) is 18.3 Å². The van der Waals surface area contributed by atoms with Crippen molar-refractivity contribution < 1.29 is 9.32 Å². The summed E-state index contributed by atoms with van der Waals surface area (Å²) in [5.74, 6) is 1.49. The molecule has 1 amide bonds. The lowest BCUT2D eigenvalue weighted by Gasteiger charge is -2.31. The lowest BCUT2D eigenvalue weighted by atomic mass is 9.95. The maximum Gasteiger partial charge on any atom is 0.241 e. The summed E-state index contributed by atoms with van der Waals surface area (Å²) in [7, 11) is 0. The highest BCUT2D eigenvalue weighted by Crippen LogP contribution is 2.25. The Morgan fingerprint density at radius 3 is 2.61 bits per heavy atom. The van der Waals surface area contributed by atoms with Gasteiger partial charge in [0.25, 0.3) is 0 Å². The summed E-state index contributed by atoms with van der Waals surface area (Å²) in [6.45, 7) is 6.70. The van der Waals surface area contributed by atoms with Crippen LogP contribution in [0.3, 0.4) is 0 Å². The lowest BCUT2D eigenvalue weighted by molar-refractivity contribution is -0.127. The molecular weight excluding hydrogens is 434 g/mol. The highest BCUT2D eigenvalue weighted by atomic mass is 32.1. The smallest absolute Gasteiger partial charge is 0.241 e. The Morgan fingerprint density at radius 2 is 1.91 bits per heavy atom. The average Bonchev–Trinajstić information content (AvgIpc) is 3.62. The van der Waals surface area contributed by atoms with E-state index in [1.54, 1.807) is 11.3 Å². The Hall–Kier alpha value is -2.71. The fourth-order valence-electron chi connectivity index (χ4n) is 4.73. The molecule has 2 aliphatic rings. The molecule has 0 spiro atoms. The SMILES string of the molecule is CC(NC(=O)C1CCN(Cc2nc(-c3cccs3)no2)CC1)c1ccc(N2CCCC2)cc1. The van der Waals surface area contributed by atoms with Gasteiger partial charge >= 0.3 is 0 Å². The van der Waals surface area contributed by atoms with Crippen molar-refractivity contribution in [3.63, 3.8) is 0 Å². The van der Waals surface area contributed by atoms with E-state index in [9.17, 15) is 4.79 Å². The number of thiophene rings is 1. The van der Waals surface area contributed by atoms with Crippen LogP contribution < -0.4 is 10.2 Å². The van der Waals surface area contributed by atoms with E-state index >= 15 is 0 Å². The summed E-state index contributed by atoms with van der Waals surface area (Å²) in [6, 6.07) is 12.7. The molecule has 1 aromatic carbocycles. The van der Waals surface area contributed by atoms with Crippen molar-refractivity contribution in [3.8, 4) is 10.7 Å². The van der Waals surface area contributed by atoms with Crippen LogP contribution in [-0.2, 0) is 11.3 Å². The summed E-state index contributed by atoms with van der Waals surface area (Å²) in [6.07, 6.45) is 4.24. The highest BCUT2D eigenvalue weighted by molar-refractivity contribution is 7.13. The van der Waals surface area contributed by atoms with Gasteiger partial charge in [-0.25, -0.2) is 0 Å². The van der Waals surface area contributed by atoms with Crippen LogP contribution in [0, 0.1) is 5.92 Å². The normalized spacial score (nSPS) is 18.5. The molecule has 2 saturated heterocycles. The zero-order chi connectivity index (χ0) is 22.6. The summed E-state index contributed by atoms with van der Waals surface area (Å²) in [4.78, 5) is 23.1. The Labute approximate surface area is 198 Å². The van der Waals surface area contributed by atoms with Gasteiger partial charge in [-0.2, -0.15) is 4.98 Å². The number of likely N-dealkylation sites (tertiary alicyclic amines) is 1. The minimum absolute atomic E-state index is 0.0113. The molecule has 2 fully saturated rings. The van der Waals surface area contributed by atoms with Crippen molar-refractivity contribution in [1.82, 2.24) is 20.4 Å². The maximum absolute atomic E-state index is 12.9. The van der Waals surface area contributed by atoms with E-state index in [1.165, 1.54) is 18.5 Å². The van der Waals surface area contributed by atoms with Crippen molar-refractivity contribution in [1.29, 1.82) is 0 Å². The second-order valence-electron chi connectivity index (χ2n) is 9.06. The van der Waals surface area contributed by atoms with E-state index in [0.717, 1.165) is 49.5 Å². The molecule has 2 aliphatic heterocycles. The maximum atomic E-state index is 12.9. The summed E-state index contributed by atoms with van der Waals surface area (Å²) < 4.78 is 5.43. The van der Waals surface area contributed by atoms with E-state index < -0.39 is 0 Å². The number of aromatic nitrogens is 2. The molecule has 0 radical (unpaired) electrons. The Morgan fingerprint density at radius 1 is 1.15 bits per heavy atom. The molecule has 1 unspecified atom stereocenters. The molecule has 0 bridgehead atoms. The largest absolute Gasteiger partial charge is 0.372 e. The molecule has 0 aliphatic carbocycles. The van der Waals surface area contributed by atoms with Gasteiger partial charge in [0.05, 0.1) is 17.5 Å². The summed E-state index contributed by atoms with van der Waals surface area (Å²) >= 11 is 1.60. The molecule has 33 heavy (non-hydrogen) atoms. The Bertz CT molecular complexity index is 1040. The summed E-state index contributed by atoms with van der Waals surface area (Å²) in [5, 5.41) is 9.32. The molecule has 8 heteroatoms. The third-order valence-electron chi connectivity index (χ3n) is 6.75. The van der Waals surface area contributed by atoms with E-state index in [2.05, 4.69) is 56.4 Å². The molecule has 0 saturated carbocycles. The van der Waals surface area contributed by atoms with Gasteiger partial charge in [0.2, 0.25) is 17.6 Å². The van der Waals surface area contributed by atoms with E-state index in [1.807, 2.05) is 17.5 Å². The van der Waals surface area contributed by atoms with Gasteiger partial charge in [-0.3, -0.25) is 9.69 Å². The number of carbonyl (C=O) groups excluding carboxylic acids is 1. The first-order valence-corrected chi connectivity index (χ1v) is 12.8. The van der Waals surface area contributed by atoms with Crippen LogP contribution in [0.1, 0.15) is 50.1 Å². The number of nitrogens with zero attached hydrogens (tertiary/aromatic N) is 4. The molecule has 7 nitrogen and oxygen atoms in total. The van der Waals surface area contributed by atoms with Gasteiger partial charge in [0.1, 0.15) is 0 Å². The Kier molecular flexibility index (Phi) is 6.73. The van der Waals surface area contributed by atoms with Gasteiger partial charge in [-0.15, -0.1) is 11.3 Å². The molecule has 4 heterocycles. The number of piperidine rings is 1. The number of hydrogen-bond donors (Lipinski definition) is 1. The quantitative estimate of drug-likeness (QED) is 0.554. The number of hydrogen-bond acceptors (Lipinski definition) is 7. The lowest BCUT2D eigenvalue weighted by Crippen LogP contribution is -2.40. The van der Waals surface area contributed by atoms with E-state index in [-0.39, 0.29) is 17.9 Å². The second-order valence-corrected chi connectivity index (χ2v) is 10.0. The number of rotatable bonds is 7. The first kappa shape index (κ1) is 22.1. The number of carbonyl (C=O) groups is 1. The molecule has 1 atom stereocenters.